The molecule has 0 saturated heterocycles. The minimum absolute atomic E-state index is 0.320. The summed E-state index contributed by atoms with van der Waals surface area (Å²) in [5.74, 6) is 0.970. The molecule has 5 heteroatoms. The van der Waals surface area contributed by atoms with Crippen molar-refractivity contribution in [2.75, 3.05) is 0 Å². The number of rotatable bonds is 2. The molecule has 0 bridgehead atoms. The number of hydrogen-bond acceptors (Lipinski definition) is 3. The van der Waals surface area contributed by atoms with E-state index in [2.05, 4.69) is 19.9 Å². The van der Waals surface area contributed by atoms with Gasteiger partial charge in [-0.25, -0.2) is 15.0 Å². The number of H-pyrrole nitrogens is 1. The number of hydrogen-bond donors (Lipinski definition) is 1. The van der Waals surface area contributed by atoms with Crippen molar-refractivity contribution in [3.05, 3.63) is 42.1 Å². The summed E-state index contributed by atoms with van der Waals surface area (Å²) < 4.78 is 0. The van der Waals surface area contributed by atoms with Crippen molar-refractivity contribution < 1.29 is 0 Å². The fourth-order valence-corrected chi connectivity index (χ4v) is 2.05. The van der Waals surface area contributed by atoms with E-state index >= 15 is 0 Å². The second-order valence-electron chi connectivity index (χ2n) is 4.08. The monoisotopic (exact) mass is 258 g/mol. The van der Waals surface area contributed by atoms with Crippen LogP contribution in [0.5, 0.6) is 0 Å². The van der Waals surface area contributed by atoms with Crippen molar-refractivity contribution in [3.63, 3.8) is 0 Å². The quantitative estimate of drug-likeness (QED) is 0.719. The molecule has 0 aliphatic carbocycles. The van der Waals surface area contributed by atoms with E-state index in [0.29, 0.717) is 11.7 Å². The van der Waals surface area contributed by atoms with Gasteiger partial charge < -0.3 is 4.98 Å². The number of nitrogens with zero attached hydrogens (tertiary/aromatic N) is 3. The SMILES string of the molecule is Cc1cc(-c2ccc3nc[nH]c3c2)nc(CCl)n1. The number of fused-ring (bicyclic) bond motifs is 1. The molecule has 1 aromatic carbocycles. The van der Waals surface area contributed by atoms with Crippen LogP contribution in [0.2, 0.25) is 0 Å². The number of nitrogens with one attached hydrogen (secondary N) is 1. The fraction of sp³-hybridized carbons (Fsp3) is 0.154. The molecule has 0 fully saturated rings. The van der Waals surface area contributed by atoms with E-state index in [4.69, 9.17) is 11.6 Å². The summed E-state index contributed by atoms with van der Waals surface area (Å²) in [5, 5.41) is 0. The minimum atomic E-state index is 0.320. The van der Waals surface area contributed by atoms with Crippen molar-refractivity contribution in [2.24, 2.45) is 0 Å². The topological polar surface area (TPSA) is 54.5 Å². The summed E-state index contributed by atoms with van der Waals surface area (Å²) in [6, 6.07) is 7.96. The lowest BCUT2D eigenvalue weighted by molar-refractivity contribution is 0.997. The van der Waals surface area contributed by atoms with Crippen LogP contribution in [-0.4, -0.2) is 19.9 Å². The Hall–Kier alpha value is -1.94. The third-order valence-corrected chi connectivity index (χ3v) is 2.98. The second-order valence-corrected chi connectivity index (χ2v) is 4.35. The Morgan fingerprint density at radius 3 is 2.94 bits per heavy atom. The molecule has 0 amide bonds. The largest absolute Gasteiger partial charge is 0.345 e. The van der Waals surface area contributed by atoms with Crippen molar-refractivity contribution >= 4 is 22.6 Å². The Bertz CT molecular complexity index is 705. The third kappa shape index (κ3) is 1.95. The van der Waals surface area contributed by atoms with Gasteiger partial charge in [0.15, 0.2) is 0 Å². The fourth-order valence-electron chi connectivity index (χ4n) is 1.93. The summed E-state index contributed by atoms with van der Waals surface area (Å²) in [6.07, 6.45) is 1.68. The van der Waals surface area contributed by atoms with E-state index in [1.807, 2.05) is 31.2 Å². The molecule has 18 heavy (non-hydrogen) atoms. The van der Waals surface area contributed by atoms with Crippen LogP contribution in [0.15, 0.2) is 30.6 Å². The molecule has 0 unspecified atom stereocenters. The van der Waals surface area contributed by atoms with Gasteiger partial charge in [-0.15, -0.1) is 11.6 Å². The number of aromatic amines is 1. The molecule has 2 heterocycles. The van der Waals surface area contributed by atoms with Crippen LogP contribution in [0.4, 0.5) is 0 Å². The highest BCUT2D eigenvalue weighted by molar-refractivity contribution is 6.16. The van der Waals surface area contributed by atoms with Gasteiger partial charge in [-0.2, -0.15) is 0 Å². The van der Waals surface area contributed by atoms with Gasteiger partial charge in [0.25, 0.3) is 0 Å². The number of aryl methyl sites for hydroxylation is 1. The Morgan fingerprint density at radius 2 is 2.11 bits per heavy atom. The van der Waals surface area contributed by atoms with Gasteiger partial charge in [0, 0.05) is 11.3 Å². The average molecular weight is 259 g/mol. The van der Waals surface area contributed by atoms with Crippen LogP contribution in [0, 0.1) is 6.92 Å². The van der Waals surface area contributed by atoms with Gasteiger partial charge in [0.2, 0.25) is 0 Å². The zero-order valence-electron chi connectivity index (χ0n) is 9.81. The Morgan fingerprint density at radius 1 is 1.22 bits per heavy atom. The molecular formula is C13H11ClN4. The van der Waals surface area contributed by atoms with Crippen molar-refractivity contribution in [2.45, 2.75) is 12.8 Å². The van der Waals surface area contributed by atoms with E-state index in [1.165, 1.54) is 0 Å². The summed E-state index contributed by atoms with van der Waals surface area (Å²) in [6.45, 7) is 1.94. The predicted molar refractivity (Wildman–Crippen MR) is 71.4 cm³/mol. The lowest BCUT2D eigenvalue weighted by Crippen LogP contribution is -1.96. The summed E-state index contributed by atoms with van der Waals surface area (Å²) >= 11 is 5.79. The van der Waals surface area contributed by atoms with Crippen LogP contribution in [0.1, 0.15) is 11.5 Å². The van der Waals surface area contributed by atoms with Crippen LogP contribution < -0.4 is 0 Å². The third-order valence-electron chi connectivity index (χ3n) is 2.74. The molecular weight excluding hydrogens is 248 g/mol. The molecule has 3 aromatic rings. The Balaban J connectivity index is 2.15. The van der Waals surface area contributed by atoms with Crippen molar-refractivity contribution in [1.29, 1.82) is 0 Å². The molecule has 0 aliphatic rings. The molecule has 0 aliphatic heterocycles. The van der Waals surface area contributed by atoms with Gasteiger partial charge in [-0.05, 0) is 25.1 Å². The zero-order chi connectivity index (χ0) is 12.5. The van der Waals surface area contributed by atoms with E-state index in [0.717, 1.165) is 28.0 Å². The van der Waals surface area contributed by atoms with E-state index in [-0.39, 0.29) is 0 Å². The van der Waals surface area contributed by atoms with E-state index in [1.54, 1.807) is 6.33 Å². The molecule has 2 aromatic heterocycles. The molecule has 0 atom stereocenters. The van der Waals surface area contributed by atoms with Crippen LogP contribution in [0.25, 0.3) is 22.3 Å². The number of aromatic nitrogens is 4. The first-order chi connectivity index (χ1) is 8.76. The normalized spacial score (nSPS) is 11.0. The lowest BCUT2D eigenvalue weighted by atomic mass is 10.1. The summed E-state index contributed by atoms with van der Waals surface area (Å²) in [7, 11) is 0. The van der Waals surface area contributed by atoms with Gasteiger partial charge in [0.1, 0.15) is 5.82 Å². The van der Waals surface area contributed by atoms with E-state index in [9.17, 15) is 0 Å². The summed E-state index contributed by atoms with van der Waals surface area (Å²) in [4.78, 5) is 16.0. The average Bonchev–Trinajstić information content (AvgIpc) is 2.85. The first kappa shape index (κ1) is 11.2. The predicted octanol–water partition coefficient (Wildman–Crippen LogP) is 3.07. The van der Waals surface area contributed by atoms with Crippen LogP contribution >= 0.6 is 11.6 Å². The molecule has 0 spiro atoms. The van der Waals surface area contributed by atoms with Gasteiger partial charge >= 0.3 is 0 Å². The van der Waals surface area contributed by atoms with E-state index < -0.39 is 0 Å². The lowest BCUT2D eigenvalue weighted by Gasteiger charge is -2.04. The van der Waals surface area contributed by atoms with Crippen LogP contribution in [-0.2, 0) is 5.88 Å². The Labute approximate surface area is 109 Å². The second kappa shape index (κ2) is 4.38. The number of halogens is 1. The minimum Gasteiger partial charge on any atom is -0.345 e. The van der Waals surface area contributed by atoms with Gasteiger partial charge in [-0.1, -0.05) is 6.07 Å². The highest BCUT2D eigenvalue weighted by Crippen LogP contribution is 2.22. The standard InChI is InChI=1S/C13H11ClN4/c1-8-4-11(18-13(6-14)17-8)9-2-3-10-12(5-9)16-7-15-10/h2-5,7H,6H2,1H3,(H,15,16). The molecule has 0 radical (unpaired) electrons. The number of alkyl halides is 1. The molecule has 4 nitrogen and oxygen atoms in total. The Kier molecular flexibility index (Phi) is 2.72. The van der Waals surface area contributed by atoms with Crippen molar-refractivity contribution in [3.8, 4) is 11.3 Å². The van der Waals surface area contributed by atoms with Crippen LogP contribution in [0.3, 0.4) is 0 Å². The first-order valence-corrected chi connectivity index (χ1v) is 6.14. The molecule has 90 valence electrons. The molecule has 0 saturated carbocycles. The zero-order valence-corrected chi connectivity index (χ0v) is 10.6. The molecule has 1 N–H and O–H groups in total. The highest BCUT2D eigenvalue weighted by Gasteiger charge is 2.05. The summed E-state index contributed by atoms with van der Waals surface area (Å²) in [5.41, 5.74) is 4.77. The highest BCUT2D eigenvalue weighted by atomic mass is 35.5. The maximum atomic E-state index is 5.79. The number of imidazole rings is 1. The number of benzene rings is 1. The molecule has 3 rings (SSSR count). The van der Waals surface area contributed by atoms with Crippen molar-refractivity contribution in [1.82, 2.24) is 19.9 Å². The first-order valence-electron chi connectivity index (χ1n) is 5.60. The maximum Gasteiger partial charge on any atom is 0.143 e. The maximum absolute atomic E-state index is 5.79. The van der Waals surface area contributed by atoms with Gasteiger partial charge in [-0.3, -0.25) is 0 Å². The smallest absolute Gasteiger partial charge is 0.143 e. The van der Waals surface area contributed by atoms with Gasteiger partial charge in [0.05, 0.1) is 28.9 Å².